The largest absolute Gasteiger partial charge is 0.485 e. The van der Waals surface area contributed by atoms with Crippen molar-refractivity contribution in [3.05, 3.63) is 96.1 Å². The highest BCUT2D eigenvalue weighted by molar-refractivity contribution is 7.99. The number of benzene rings is 2. The van der Waals surface area contributed by atoms with E-state index in [4.69, 9.17) is 15.2 Å². The first kappa shape index (κ1) is 29.3. The lowest BCUT2D eigenvalue weighted by atomic mass is 10.1. The number of nitrogen functional groups attached to an aromatic ring is 1. The van der Waals surface area contributed by atoms with E-state index in [2.05, 4.69) is 28.0 Å². The lowest BCUT2D eigenvalue weighted by Crippen LogP contribution is -2.10. The van der Waals surface area contributed by atoms with E-state index < -0.39 is 30.5 Å². The number of nitrogens with one attached hydrogen (secondary N) is 2. The normalized spacial score (nSPS) is 11.9. The van der Waals surface area contributed by atoms with Gasteiger partial charge in [0.15, 0.2) is 17.4 Å². The second-order valence-corrected chi connectivity index (χ2v) is 9.22. The van der Waals surface area contributed by atoms with Crippen LogP contribution in [-0.2, 0) is 0 Å². The summed E-state index contributed by atoms with van der Waals surface area (Å²) in [7, 11) is 0. The molecule has 214 valence electrons. The third-order valence-corrected chi connectivity index (χ3v) is 6.28. The number of H-pyrrole nitrogens is 1. The first-order valence-corrected chi connectivity index (χ1v) is 13.2. The molecular weight excluding hydrogens is 562 g/mol. The van der Waals surface area contributed by atoms with Gasteiger partial charge in [0, 0.05) is 23.2 Å². The maximum absolute atomic E-state index is 15.2. The number of carbonyl (C=O) groups is 1. The summed E-state index contributed by atoms with van der Waals surface area (Å²) in [5.41, 5.74) is 7.67. The number of allylic oxidation sites excluding steroid dienone is 3. The van der Waals surface area contributed by atoms with Gasteiger partial charge in [0.25, 0.3) is 6.43 Å². The number of hydrogen-bond donors (Lipinski definition) is 3. The van der Waals surface area contributed by atoms with Crippen molar-refractivity contribution in [1.29, 1.82) is 0 Å². The summed E-state index contributed by atoms with van der Waals surface area (Å²) in [6, 6.07) is 7.17. The molecule has 0 aliphatic heterocycles. The predicted molar refractivity (Wildman–Crippen MR) is 152 cm³/mol. The van der Waals surface area contributed by atoms with Gasteiger partial charge >= 0.3 is 0 Å². The minimum Gasteiger partial charge on any atom is -0.485 e. The molecule has 2 aromatic carbocycles. The number of aromatic nitrogens is 3. The SMILES string of the molecule is C=C/C(F)=C(\C=C)Oc1cc(C)c(-n2ncc(C(=O)c3cc4cc(OCC(F)F)c(NSC)cc4[nH]3)c2N)c(F)c1. The fourth-order valence-electron chi connectivity index (χ4n) is 4.05. The predicted octanol–water partition coefficient (Wildman–Crippen LogP) is 6.88. The molecule has 0 atom stereocenters. The molecule has 0 aliphatic carbocycles. The summed E-state index contributed by atoms with van der Waals surface area (Å²) >= 11 is 1.24. The fraction of sp³-hybridized carbons (Fsp3) is 0.143. The van der Waals surface area contributed by atoms with Gasteiger partial charge in [-0.15, -0.1) is 0 Å². The first-order valence-electron chi connectivity index (χ1n) is 12.0. The summed E-state index contributed by atoms with van der Waals surface area (Å²) < 4.78 is 69.2. The summed E-state index contributed by atoms with van der Waals surface area (Å²) in [4.78, 5) is 16.4. The lowest BCUT2D eigenvalue weighted by Gasteiger charge is -2.13. The molecule has 0 radical (unpaired) electrons. The molecule has 2 aromatic heterocycles. The first-order chi connectivity index (χ1) is 19.6. The number of fused-ring (bicyclic) bond motifs is 1. The van der Waals surface area contributed by atoms with Gasteiger partial charge in [-0.2, -0.15) is 5.10 Å². The van der Waals surface area contributed by atoms with Gasteiger partial charge in [0.1, 0.15) is 29.6 Å². The van der Waals surface area contributed by atoms with Crippen LogP contribution in [0.2, 0.25) is 0 Å². The van der Waals surface area contributed by atoms with Crippen LogP contribution in [0.4, 0.5) is 29.1 Å². The van der Waals surface area contributed by atoms with Crippen LogP contribution in [0.25, 0.3) is 16.6 Å². The molecule has 0 bridgehead atoms. The number of ketones is 1. The smallest absolute Gasteiger partial charge is 0.272 e. The molecule has 4 aromatic rings. The molecular formula is C28H25F4N5O3S. The number of hydrogen-bond acceptors (Lipinski definition) is 7. The van der Waals surface area contributed by atoms with Crippen LogP contribution in [0.15, 0.2) is 73.4 Å². The number of carbonyl (C=O) groups excluding carboxylic acids is 1. The molecule has 8 nitrogen and oxygen atoms in total. The molecule has 0 fully saturated rings. The van der Waals surface area contributed by atoms with E-state index in [1.54, 1.807) is 19.2 Å². The van der Waals surface area contributed by atoms with E-state index >= 15 is 4.39 Å². The Balaban J connectivity index is 1.67. The van der Waals surface area contributed by atoms with Crippen LogP contribution in [0.1, 0.15) is 21.6 Å². The van der Waals surface area contributed by atoms with Crippen LogP contribution in [0, 0.1) is 12.7 Å². The van der Waals surface area contributed by atoms with Gasteiger partial charge in [0.2, 0.25) is 5.78 Å². The molecule has 0 unspecified atom stereocenters. The van der Waals surface area contributed by atoms with E-state index in [0.29, 0.717) is 22.2 Å². The molecule has 0 saturated heterocycles. The second-order valence-electron chi connectivity index (χ2n) is 8.60. The molecule has 41 heavy (non-hydrogen) atoms. The highest BCUT2D eigenvalue weighted by Crippen LogP contribution is 2.34. The quantitative estimate of drug-likeness (QED) is 0.0545. The van der Waals surface area contributed by atoms with E-state index in [0.717, 1.165) is 22.9 Å². The lowest BCUT2D eigenvalue weighted by molar-refractivity contribution is 0.0823. The second kappa shape index (κ2) is 12.3. The topological polar surface area (TPSA) is 107 Å². The van der Waals surface area contributed by atoms with Gasteiger partial charge in [-0.1, -0.05) is 25.1 Å². The van der Waals surface area contributed by atoms with Crippen molar-refractivity contribution < 1.29 is 31.8 Å². The highest BCUT2D eigenvalue weighted by Gasteiger charge is 2.23. The Morgan fingerprint density at radius 3 is 2.63 bits per heavy atom. The molecule has 4 rings (SSSR count). The monoisotopic (exact) mass is 587 g/mol. The summed E-state index contributed by atoms with van der Waals surface area (Å²) in [6.45, 7) is 7.57. The van der Waals surface area contributed by atoms with E-state index in [9.17, 15) is 18.0 Å². The van der Waals surface area contributed by atoms with Crippen molar-refractivity contribution in [3.8, 4) is 17.2 Å². The van der Waals surface area contributed by atoms with E-state index in [1.807, 2.05) is 0 Å². The number of aromatic amines is 1. The Kier molecular flexibility index (Phi) is 8.77. The zero-order valence-electron chi connectivity index (χ0n) is 21.9. The van der Waals surface area contributed by atoms with Gasteiger partial charge in [-0.05, 0) is 48.9 Å². The average molecular weight is 588 g/mol. The zero-order chi connectivity index (χ0) is 29.8. The van der Waals surface area contributed by atoms with Crippen molar-refractivity contribution >= 4 is 40.1 Å². The minimum absolute atomic E-state index is 0.00255. The van der Waals surface area contributed by atoms with Crippen LogP contribution in [0.3, 0.4) is 0 Å². The van der Waals surface area contributed by atoms with E-state index in [1.165, 1.54) is 36.3 Å². The summed E-state index contributed by atoms with van der Waals surface area (Å²) in [5.74, 6) is -2.25. The minimum atomic E-state index is -2.66. The maximum atomic E-state index is 15.2. The Bertz CT molecular complexity index is 1660. The summed E-state index contributed by atoms with van der Waals surface area (Å²) in [6.07, 6.45) is 2.37. The van der Waals surface area contributed by atoms with Gasteiger partial charge in [-0.3, -0.25) is 4.79 Å². The number of alkyl halides is 2. The number of aryl methyl sites for hydroxylation is 1. The van der Waals surface area contributed by atoms with E-state index in [-0.39, 0.29) is 40.0 Å². The Morgan fingerprint density at radius 1 is 1.24 bits per heavy atom. The maximum Gasteiger partial charge on any atom is 0.272 e. The Labute approximate surface area is 236 Å². The fourth-order valence-corrected chi connectivity index (χ4v) is 4.43. The van der Waals surface area contributed by atoms with Gasteiger partial charge < -0.3 is 24.9 Å². The molecule has 0 spiro atoms. The molecule has 2 heterocycles. The highest BCUT2D eigenvalue weighted by atomic mass is 32.2. The molecule has 0 aliphatic rings. The van der Waals surface area contributed by atoms with Crippen molar-refractivity contribution in [2.75, 3.05) is 23.3 Å². The van der Waals surface area contributed by atoms with Crippen molar-refractivity contribution in [2.45, 2.75) is 13.3 Å². The zero-order valence-corrected chi connectivity index (χ0v) is 22.8. The van der Waals surface area contributed by atoms with Crippen LogP contribution in [0.5, 0.6) is 11.5 Å². The van der Waals surface area contributed by atoms with Crippen molar-refractivity contribution in [2.24, 2.45) is 0 Å². The van der Waals surface area contributed by atoms with Crippen LogP contribution in [-0.4, -0.2) is 39.8 Å². The molecule has 0 amide bonds. The van der Waals surface area contributed by atoms with Crippen LogP contribution >= 0.6 is 11.9 Å². The number of nitrogens with zero attached hydrogens (tertiary/aromatic N) is 2. The molecule has 0 saturated carbocycles. The number of rotatable bonds is 12. The summed E-state index contributed by atoms with van der Waals surface area (Å²) in [5, 5.41) is 4.66. The Morgan fingerprint density at radius 2 is 2.00 bits per heavy atom. The standard InChI is InChI=1S/C28H25F4N5O3S/c1-5-18(29)23(6-2)40-16-7-14(3)26(19(30)10-16)37-28(33)17(12-34-37)27(38)22-8-15-9-24(39-13-25(31)32)21(36-41-4)11-20(15)35-22/h5-12,25,35-36H,1-2,13,33H2,3-4H3/b23-18-. The average Bonchev–Trinajstić information content (AvgIpc) is 3.52. The van der Waals surface area contributed by atoms with Crippen LogP contribution < -0.4 is 19.9 Å². The third-order valence-electron chi connectivity index (χ3n) is 5.86. The molecule has 4 N–H and O–H groups in total. The number of halogens is 4. The third kappa shape index (κ3) is 6.09. The van der Waals surface area contributed by atoms with Crippen molar-refractivity contribution in [1.82, 2.24) is 14.8 Å². The number of nitrogens with two attached hydrogens (primary N) is 1. The number of anilines is 2. The Hall–Kier alpha value is -4.65. The van der Waals surface area contributed by atoms with Gasteiger partial charge in [0.05, 0.1) is 23.1 Å². The van der Waals surface area contributed by atoms with Crippen molar-refractivity contribution in [3.63, 3.8) is 0 Å². The number of ether oxygens (including phenoxy) is 2. The molecule has 13 heteroatoms. The van der Waals surface area contributed by atoms with Gasteiger partial charge in [-0.25, -0.2) is 22.2 Å².